The number of nitrogens with one attached hydrogen (secondary N) is 1. The van der Waals surface area contributed by atoms with Crippen LogP contribution in [0.25, 0.3) is 11.1 Å². The van der Waals surface area contributed by atoms with Crippen LogP contribution in [0.3, 0.4) is 0 Å². The first-order valence-electron chi connectivity index (χ1n) is 12.6. The third-order valence-electron chi connectivity index (χ3n) is 6.35. The summed E-state index contributed by atoms with van der Waals surface area (Å²) in [5, 5.41) is 2.58. The molecule has 1 amide bonds. The van der Waals surface area contributed by atoms with E-state index in [2.05, 4.69) is 11.9 Å². The van der Waals surface area contributed by atoms with Gasteiger partial charge in [0.25, 0.3) is 0 Å². The molecule has 1 unspecified atom stereocenters. The van der Waals surface area contributed by atoms with E-state index in [-0.39, 0.29) is 38.6 Å². The molecule has 1 N–H and O–H groups in total. The van der Waals surface area contributed by atoms with Crippen LogP contribution in [0, 0.1) is 0 Å². The summed E-state index contributed by atoms with van der Waals surface area (Å²) in [5.74, 6) is -1.56. The molecule has 0 saturated carbocycles. The predicted molar refractivity (Wildman–Crippen MR) is 148 cm³/mol. The average Bonchev–Trinajstić information content (AvgIpc) is 3.54. The highest BCUT2D eigenvalue weighted by molar-refractivity contribution is 6.67. The zero-order valence-electron chi connectivity index (χ0n) is 21.4. The maximum atomic E-state index is 12.8. The van der Waals surface area contributed by atoms with Crippen molar-refractivity contribution < 1.29 is 38.1 Å². The molecule has 1 saturated heterocycles. The number of ether oxygens (including phenoxy) is 5. The quantitative estimate of drug-likeness (QED) is 0.162. The van der Waals surface area contributed by atoms with E-state index in [0.29, 0.717) is 0 Å². The lowest BCUT2D eigenvalue weighted by atomic mass is 9.98. The van der Waals surface area contributed by atoms with E-state index in [1.807, 2.05) is 48.5 Å². The molecular weight excluding hydrogens is 585 g/mol. The van der Waals surface area contributed by atoms with Gasteiger partial charge in [-0.15, -0.1) is 0 Å². The number of alkyl carbamates (subject to hydrolysis) is 1. The standard InChI is InChI=1S/C28H28Cl3NO8/c1-2-13-36-25(33)22(11-12-24-37-15-23(40-24)26(34)39-16-28(29,30)31)32-27(35)38-14-21-19-9-5-3-7-17(19)18-8-4-6-10-20(18)21/h2-10,21-24H,1,11-16H2,(H,32,35)/t22-,23-,24?/m0/s1. The van der Waals surface area contributed by atoms with Crippen LogP contribution in [0.1, 0.15) is 29.9 Å². The highest BCUT2D eigenvalue weighted by Crippen LogP contribution is 2.44. The number of hydrogen-bond acceptors (Lipinski definition) is 8. The molecule has 1 aliphatic heterocycles. The van der Waals surface area contributed by atoms with Crippen LogP contribution >= 0.6 is 34.8 Å². The highest BCUT2D eigenvalue weighted by atomic mass is 35.6. The summed E-state index contributed by atoms with van der Waals surface area (Å²) in [6.45, 7) is 3.06. The molecule has 1 fully saturated rings. The molecule has 214 valence electrons. The van der Waals surface area contributed by atoms with Gasteiger partial charge in [-0.1, -0.05) is 96.0 Å². The van der Waals surface area contributed by atoms with E-state index in [9.17, 15) is 14.4 Å². The third-order valence-corrected chi connectivity index (χ3v) is 6.67. The summed E-state index contributed by atoms with van der Waals surface area (Å²) in [5.41, 5.74) is 4.33. The Labute approximate surface area is 246 Å². The minimum Gasteiger partial charge on any atom is -0.460 e. The largest absolute Gasteiger partial charge is 0.460 e. The fourth-order valence-electron chi connectivity index (χ4n) is 4.55. The number of carbonyl (C=O) groups excluding carboxylic acids is 3. The summed E-state index contributed by atoms with van der Waals surface area (Å²) >= 11 is 16.8. The van der Waals surface area contributed by atoms with E-state index < -0.39 is 46.9 Å². The lowest BCUT2D eigenvalue weighted by molar-refractivity contribution is -0.157. The summed E-state index contributed by atoms with van der Waals surface area (Å²) < 4.78 is 24.9. The smallest absolute Gasteiger partial charge is 0.407 e. The van der Waals surface area contributed by atoms with Crippen molar-refractivity contribution in [2.45, 2.75) is 41.0 Å². The maximum absolute atomic E-state index is 12.8. The Hall–Kier alpha value is -2.82. The second-order valence-corrected chi connectivity index (χ2v) is 11.6. The molecule has 2 aliphatic rings. The number of rotatable bonds is 11. The van der Waals surface area contributed by atoms with E-state index in [1.165, 1.54) is 6.08 Å². The topological polar surface area (TPSA) is 109 Å². The van der Waals surface area contributed by atoms with Crippen molar-refractivity contribution in [3.63, 3.8) is 0 Å². The lowest BCUT2D eigenvalue weighted by Gasteiger charge is -2.20. The van der Waals surface area contributed by atoms with Gasteiger partial charge in [0.15, 0.2) is 12.4 Å². The molecule has 3 atom stereocenters. The van der Waals surface area contributed by atoms with Gasteiger partial charge in [0.05, 0.1) is 6.61 Å². The first kappa shape index (κ1) is 30.1. The van der Waals surface area contributed by atoms with Gasteiger partial charge in [-0.05, 0) is 28.7 Å². The van der Waals surface area contributed by atoms with Crippen molar-refractivity contribution in [1.82, 2.24) is 5.32 Å². The Bertz CT molecular complexity index is 1190. The van der Waals surface area contributed by atoms with Crippen LogP contribution in [0.15, 0.2) is 61.2 Å². The zero-order chi connectivity index (χ0) is 28.7. The van der Waals surface area contributed by atoms with Crippen LogP contribution < -0.4 is 5.32 Å². The van der Waals surface area contributed by atoms with Crippen LogP contribution in [0.5, 0.6) is 0 Å². The highest BCUT2D eigenvalue weighted by Gasteiger charge is 2.36. The summed E-state index contributed by atoms with van der Waals surface area (Å²) in [4.78, 5) is 37.6. The molecule has 0 bridgehead atoms. The molecule has 1 heterocycles. The molecule has 0 spiro atoms. The lowest BCUT2D eigenvalue weighted by Crippen LogP contribution is -2.43. The monoisotopic (exact) mass is 611 g/mol. The molecule has 12 heteroatoms. The summed E-state index contributed by atoms with van der Waals surface area (Å²) in [6.07, 6.45) is -0.961. The molecule has 40 heavy (non-hydrogen) atoms. The SMILES string of the molecule is C=CCOC(=O)[C@H](CCC1OC[C@@H](C(=O)OCC(Cl)(Cl)Cl)O1)NC(=O)OCC1c2ccccc2-c2ccccc21. The van der Waals surface area contributed by atoms with Crippen molar-refractivity contribution in [2.24, 2.45) is 0 Å². The molecule has 9 nitrogen and oxygen atoms in total. The van der Waals surface area contributed by atoms with Crippen LogP contribution in [-0.4, -0.2) is 66.7 Å². The Morgan fingerprint density at radius 2 is 1.68 bits per heavy atom. The fraction of sp³-hybridized carbons (Fsp3) is 0.393. The van der Waals surface area contributed by atoms with Gasteiger partial charge in [-0.3, -0.25) is 0 Å². The molecule has 2 aromatic rings. The fourth-order valence-corrected chi connectivity index (χ4v) is 4.72. The van der Waals surface area contributed by atoms with Crippen molar-refractivity contribution in [3.05, 3.63) is 72.3 Å². The zero-order valence-corrected chi connectivity index (χ0v) is 23.6. The third kappa shape index (κ3) is 7.89. The first-order chi connectivity index (χ1) is 19.2. The number of benzene rings is 2. The number of esters is 2. The van der Waals surface area contributed by atoms with Crippen LogP contribution in [-0.2, 0) is 33.3 Å². The van der Waals surface area contributed by atoms with Gasteiger partial charge < -0.3 is 29.0 Å². The van der Waals surface area contributed by atoms with Crippen molar-refractivity contribution in [3.8, 4) is 11.1 Å². The minimum absolute atomic E-state index is 0.0325. The minimum atomic E-state index is -1.75. The van der Waals surface area contributed by atoms with Gasteiger partial charge >= 0.3 is 18.0 Å². The Morgan fingerprint density at radius 3 is 2.30 bits per heavy atom. The first-order valence-corrected chi connectivity index (χ1v) is 13.7. The molecule has 0 radical (unpaired) electrons. The Morgan fingerprint density at radius 1 is 1.02 bits per heavy atom. The summed E-state index contributed by atoms with van der Waals surface area (Å²) in [7, 11) is 0. The van der Waals surface area contributed by atoms with Gasteiger partial charge in [-0.2, -0.15) is 0 Å². The van der Waals surface area contributed by atoms with Crippen molar-refractivity contribution in [2.75, 3.05) is 26.4 Å². The Balaban J connectivity index is 1.32. The molecule has 2 aromatic carbocycles. The van der Waals surface area contributed by atoms with Gasteiger partial charge in [0.1, 0.15) is 25.9 Å². The van der Waals surface area contributed by atoms with Crippen LogP contribution in [0.4, 0.5) is 4.79 Å². The number of amides is 1. The molecule has 1 aliphatic carbocycles. The molecule has 0 aromatic heterocycles. The van der Waals surface area contributed by atoms with Crippen molar-refractivity contribution >= 4 is 52.8 Å². The number of hydrogen-bond donors (Lipinski definition) is 1. The van der Waals surface area contributed by atoms with E-state index >= 15 is 0 Å². The van der Waals surface area contributed by atoms with Gasteiger partial charge in [0.2, 0.25) is 3.79 Å². The number of fused-ring (bicyclic) bond motifs is 3. The predicted octanol–water partition coefficient (Wildman–Crippen LogP) is 5.06. The van der Waals surface area contributed by atoms with E-state index in [0.717, 1.165) is 22.3 Å². The van der Waals surface area contributed by atoms with Crippen LogP contribution in [0.2, 0.25) is 0 Å². The number of alkyl halides is 3. The average molecular weight is 613 g/mol. The van der Waals surface area contributed by atoms with Gasteiger partial charge in [0, 0.05) is 12.3 Å². The second-order valence-electron chi connectivity index (χ2n) is 9.13. The van der Waals surface area contributed by atoms with E-state index in [1.54, 1.807) is 0 Å². The number of carbonyl (C=O) groups is 3. The maximum Gasteiger partial charge on any atom is 0.407 e. The van der Waals surface area contributed by atoms with Crippen molar-refractivity contribution in [1.29, 1.82) is 0 Å². The summed E-state index contributed by atoms with van der Waals surface area (Å²) in [6, 6.07) is 14.9. The number of halogens is 3. The molecule has 4 rings (SSSR count). The molecular formula is C28H28Cl3NO8. The second kappa shape index (κ2) is 13.7. The van der Waals surface area contributed by atoms with E-state index in [4.69, 9.17) is 58.5 Å². The normalized spacial score (nSPS) is 18.8. The van der Waals surface area contributed by atoms with Gasteiger partial charge in [-0.25, -0.2) is 14.4 Å². The Kier molecular flexibility index (Phi) is 10.3.